The highest BCUT2D eigenvalue weighted by Gasteiger charge is 2.18. The number of nitrogens with zero attached hydrogens (tertiary/aromatic N) is 2. The van der Waals surface area contributed by atoms with E-state index >= 15 is 0 Å². The topological polar surface area (TPSA) is 40.8 Å². The van der Waals surface area contributed by atoms with Crippen LogP contribution in [-0.2, 0) is 13.6 Å². The molecule has 98 valence electrons. The van der Waals surface area contributed by atoms with Gasteiger partial charge in [0.1, 0.15) is 11.8 Å². The molecule has 3 heteroatoms. The molecular formula is C15H23N3. The Morgan fingerprint density at radius 3 is 2.89 bits per heavy atom. The maximum atomic E-state index is 9.02. The Morgan fingerprint density at radius 2 is 2.28 bits per heavy atom. The zero-order chi connectivity index (χ0) is 13.1. The fourth-order valence-corrected chi connectivity index (χ4v) is 2.92. The van der Waals surface area contributed by atoms with Crippen molar-refractivity contribution in [3.63, 3.8) is 0 Å². The van der Waals surface area contributed by atoms with Gasteiger partial charge in [-0.15, -0.1) is 0 Å². The Hall–Kier alpha value is -1.27. The first kappa shape index (κ1) is 13.2. The highest BCUT2D eigenvalue weighted by atomic mass is 15.0. The first-order valence-electron chi connectivity index (χ1n) is 6.90. The van der Waals surface area contributed by atoms with Crippen LogP contribution in [0.3, 0.4) is 0 Å². The van der Waals surface area contributed by atoms with Crippen molar-refractivity contribution >= 4 is 0 Å². The summed E-state index contributed by atoms with van der Waals surface area (Å²) >= 11 is 0. The summed E-state index contributed by atoms with van der Waals surface area (Å²) in [6.07, 6.45) is 5.30. The molecule has 1 saturated carbocycles. The first-order chi connectivity index (χ1) is 8.61. The zero-order valence-electron chi connectivity index (χ0n) is 11.7. The van der Waals surface area contributed by atoms with Crippen LogP contribution in [0, 0.1) is 24.2 Å². The molecule has 1 aromatic heterocycles. The van der Waals surface area contributed by atoms with Crippen LogP contribution in [0.1, 0.15) is 49.6 Å². The molecule has 0 radical (unpaired) electrons. The van der Waals surface area contributed by atoms with Crippen LogP contribution in [0.25, 0.3) is 0 Å². The van der Waals surface area contributed by atoms with E-state index in [4.69, 9.17) is 5.26 Å². The molecule has 1 aromatic rings. The number of aromatic nitrogens is 1. The van der Waals surface area contributed by atoms with Gasteiger partial charge in [-0.2, -0.15) is 5.26 Å². The van der Waals surface area contributed by atoms with E-state index in [1.807, 2.05) is 17.7 Å². The molecule has 0 aromatic carbocycles. The van der Waals surface area contributed by atoms with Crippen molar-refractivity contribution in [3.8, 4) is 6.07 Å². The minimum absolute atomic E-state index is 0.652. The summed E-state index contributed by atoms with van der Waals surface area (Å²) in [6.45, 7) is 5.31. The molecular weight excluding hydrogens is 222 g/mol. The van der Waals surface area contributed by atoms with E-state index in [0.717, 1.165) is 18.2 Å². The van der Waals surface area contributed by atoms with Crippen molar-refractivity contribution in [1.82, 2.24) is 9.88 Å². The van der Waals surface area contributed by atoms with Crippen molar-refractivity contribution in [1.29, 1.82) is 5.26 Å². The lowest BCUT2D eigenvalue weighted by Gasteiger charge is -2.27. The quantitative estimate of drug-likeness (QED) is 0.889. The van der Waals surface area contributed by atoms with Crippen LogP contribution in [0.4, 0.5) is 0 Å². The number of hydrogen-bond acceptors (Lipinski definition) is 2. The Balaban J connectivity index is 1.96. The predicted octanol–water partition coefficient (Wildman–Crippen LogP) is 2.87. The molecule has 18 heavy (non-hydrogen) atoms. The van der Waals surface area contributed by atoms with Crippen molar-refractivity contribution in [2.24, 2.45) is 13.0 Å². The van der Waals surface area contributed by atoms with Gasteiger partial charge in [0, 0.05) is 25.3 Å². The maximum Gasteiger partial charge on any atom is 0.120 e. The van der Waals surface area contributed by atoms with Crippen molar-refractivity contribution in [2.75, 3.05) is 0 Å². The summed E-state index contributed by atoms with van der Waals surface area (Å²) in [4.78, 5) is 0. The fraction of sp³-hybridized carbons (Fsp3) is 0.667. The normalized spacial score (nSPS) is 23.9. The van der Waals surface area contributed by atoms with E-state index in [2.05, 4.69) is 25.2 Å². The van der Waals surface area contributed by atoms with Crippen molar-refractivity contribution < 1.29 is 0 Å². The largest absolute Gasteiger partial charge is 0.340 e. The van der Waals surface area contributed by atoms with Gasteiger partial charge < -0.3 is 9.88 Å². The van der Waals surface area contributed by atoms with Crippen LogP contribution in [0.2, 0.25) is 0 Å². The van der Waals surface area contributed by atoms with E-state index in [9.17, 15) is 0 Å². The van der Waals surface area contributed by atoms with E-state index in [-0.39, 0.29) is 0 Å². The number of rotatable bonds is 3. The van der Waals surface area contributed by atoms with Crippen molar-refractivity contribution in [2.45, 2.75) is 52.1 Å². The van der Waals surface area contributed by atoms with Crippen LogP contribution < -0.4 is 5.32 Å². The van der Waals surface area contributed by atoms with E-state index in [1.165, 1.54) is 36.9 Å². The van der Waals surface area contributed by atoms with Gasteiger partial charge in [-0.3, -0.25) is 0 Å². The molecule has 0 saturated heterocycles. The van der Waals surface area contributed by atoms with Gasteiger partial charge in [0.05, 0.1) is 0 Å². The molecule has 3 nitrogen and oxygen atoms in total. The second-order valence-corrected chi connectivity index (χ2v) is 5.66. The number of nitriles is 1. The lowest BCUT2D eigenvalue weighted by atomic mass is 9.87. The third-order valence-electron chi connectivity index (χ3n) is 4.27. The maximum absolute atomic E-state index is 9.02. The second-order valence-electron chi connectivity index (χ2n) is 5.66. The van der Waals surface area contributed by atoms with E-state index in [1.54, 1.807) is 0 Å². The molecule has 1 aliphatic rings. The van der Waals surface area contributed by atoms with E-state index in [0.29, 0.717) is 6.04 Å². The minimum atomic E-state index is 0.652. The van der Waals surface area contributed by atoms with Gasteiger partial charge in [-0.1, -0.05) is 19.8 Å². The SMILES string of the molecule is Cc1c(CNC2CCCC(C)C2)cc(C#N)n1C. The average molecular weight is 245 g/mol. The standard InChI is InChI=1S/C15H23N3/c1-11-5-4-6-14(7-11)17-10-13-8-15(9-16)18(3)12(13)2/h8,11,14,17H,4-7,10H2,1-3H3. The summed E-state index contributed by atoms with van der Waals surface area (Å²) in [6, 6.07) is 4.90. The number of nitrogens with one attached hydrogen (secondary N) is 1. The Labute approximate surface area is 110 Å². The Bertz CT molecular complexity index is 453. The van der Waals surface area contributed by atoms with Crippen LogP contribution in [-0.4, -0.2) is 10.6 Å². The monoisotopic (exact) mass is 245 g/mol. The molecule has 2 rings (SSSR count). The molecule has 1 aliphatic carbocycles. The molecule has 0 amide bonds. The van der Waals surface area contributed by atoms with E-state index < -0.39 is 0 Å². The van der Waals surface area contributed by atoms with Gasteiger partial charge in [-0.25, -0.2) is 0 Å². The average Bonchev–Trinajstić information content (AvgIpc) is 2.64. The van der Waals surface area contributed by atoms with Gasteiger partial charge in [0.2, 0.25) is 0 Å². The summed E-state index contributed by atoms with van der Waals surface area (Å²) in [7, 11) is 1.96. The summed E-state index contributed by atoms with van der Waals surface area (Å²) in [5.74, 6) is 0.850. The van der Waals surface area contributed by atoms with Crippen LogP contribution >= 0.6 is 0 Å². The highest BCUT2D eigenvalue weighted by molar-refractivity contribution is 5.34. The third-order valence-corrected chi connectivity index (χ3v) is 4.27. The lowest BCUT2D eigenvalue weighted by molar-refractivity contribution is 0.300. The van der Waals surface area contributed by atoms with Gasteiger partial charge in [0.25, 0.3) is 0 Å². The molecule has 1 fully saturated rings. The molecule has 0 spiro atoms. The first-order valence-corrected chi connectivity index (χ1v) is 6.90. The zero-order valence-corrected chi connectivity index (χ0v) is 11.7. The fourth-order valence-electron chi connectivity index (χ4n) is 2.92. The highest BCUT2D eigenvalue weighted by Crippen LogP contribution is 2.24. The summed E-state index contributed by atoms with van der Waals surface area (Å²) in [5.41, 5.74) is 3.21. The minimum Gasteiger partial charge on any atom is -0.340 e. The molecule has 2 atom stereocenters. The van der Waals surface area contributed by atoms with Crippen molar-refractivity contribution in [3.05, 3.63) is 23.0 Å². The Morgan fingerprint density at radius 1 is 1.50 bits per heavy atom. The van der Waals surface area contributed by atoms with Crippen LogP contribution in [0.5, 0.6) is 0 Å². The molecule has 1 heterocycles. The predicted molar refractivity (Wildman–Crippen MR) is 73.1 cm³/mol. The molecule has 2 unspecified atom stereocenters. The smallest absolute Gasteiger partial charge is 0.120 e. The molecule has 0 bridgehead atoms. The van der Waals surface area contributed by atoms with Crippen LogP contribution in [0.15, 0.2) is 6.07 Å². The van der Waals surface area contributed by atoms with Gasteiger partial charge in [-0.05, 0) is 37.3 Å². The molecule has 0 aliphatic heterocycles. The lowest BCUT2D eigenvalue weighted by Crippen LogP contribution is -2.33. The second kappa shape index (κ2) is 5.58. The third kappa shape index (κ3) is 2.76. The van der Waals surface area contributed by atoms with Gasteiger partial charge in [0.15, 0.2) is 0 Å². The Kier molecular flexibility index (Phi) is 4.08. The summed E-state index contributed by atoms with van der Waals surface area (Å²) in [5, 5.41) is 12.7. The summed E-state index contributed by atoms with van der Waals surface area (Å²) < 4.78 is 1.97. The molecule has 1 N–H and O–H groups in total. The number of hydrogen-bond donors (Lipinski definition) is 1. The van der Waals surface area contributed by atoms with Gasteiger partial charge >= 0.3 is 0 Å².